The second-order valence-electron chi connectivity index (χ2n) is 7.84. The molecule has 2 unspecified atom stereocenters. The van der Waals surface area contributed by atoms with Gasteiger partial charge >= 0.3 is 5.97 Å². The molecule has 0 saturated carbocycles. The Labute approximate surface area is 200 Å². The Bertz CT molecular complexity index is 1180. The van der Waals surface area contributed by atoms with Crippen LogP contribution in [0, 0.1) is 0 Å². The minimum Gasteiger partial charge on any atom is -0.494 e. The molecule has 1 heterocycles. The molecule has 2 N–H and O–H groups in total. The fourth-order valence-corrected chi connectivity index (χ4v) is 4.98. The number of nitrogens with zero attached hydrogens (tertiary/aromatic N) is 2. The van der Waals surface area contributed by atoms with E-state index in [-0.39, 0.29) is 0 Å². The molecule has 8 nitrogen and oxygen atoms in total. The summed E-state index contributed by atoms with van der Waals surface area (Å²) in [5.74, 6) is 0.576. The molecule has 0 spiro atoms. The third-order valence-corrected chi connectivity index (χ3v) is 6.47. The van der Waals surface area contributed by atoms with E-state index in [1.165, 1.54) is 4.31 Å². The van der Waals surface area contributed by atoms with Gasteiger partial charge in [0.2, 0.25) is 0 Å². The second kappa shape index (κ2) is 10.7. The molecule has 34 heavy (non-hydrogen) atoms. The lowest BCUT2D eigenvalue weighted by Crippen LogP contribution is -2.33. The molecular weight excluding hydrogens is 456 g/mol. The molecule has 0 saturated heterocycles. The zero-order valence-corrected chi connectivity index (χ0v) is 19.5. The Morgan fingerprint density at radius 1 is 1.15 bits per heavy atom. The van der Waals surface area contributed by atoms with E-state index in [1.54, 1.807) is 24.4 Å². The molecular formula is C25H26N2O6S. The normalized spacial score (nSPS) is 15.8. The van der Waals surface area contributed by atoms with E-state index in [9.17, 15) is 13.6 Å². The van der Waals surface area contributed by atoms with Crippen LogP contribution in [0.5, 0.6) is 11.5 Å². The summed E-state index contributed by atoms with van der Waals surface area (Å²) in [5, 5.41) is 8.97. The number of hydrogen-bond acceptors (Lipinski definition) is 5. The quantitative estimate of drug-likeness (QED) is 0.428. The van der Waals surface area contributed by atoms with Crippen LogP contribution < -0.4 is 13.8 Å². The number of ether oxygens (including phenoxy) is 2. The lowest BCUT2D eigenvalue weighted by atomic mass is 9.87. The molecule has 4 rings (SSSR count). The maximum atomic E-state index is 12.5. The van der Waals surface area contributed by atoms with Crippen molar-refractivity contribution in [2.45, 2.75) is 32.2 Å². The number of carbonyl (C=O) groups is 1. The number of pyridine rings is 1. The summed E-state index contributed by atoms with van der Waals surface area (Å²) in [6, 6.07) is 16.3. The fraction of sp³-hybridized carbons (Fsp3) is 0.280. The number of aromatic nitrogens is 1. The molecule has 0 aliphatic heterocycles. The van der Waals surface area contributed by atoms with Crippen LogP contribution in [0.1, 0.15) is 36.9 Å². The van der Waals surface area contributed by atoms with E-state index >= 15 is 0 Å². The number of hydrogen-bond donors (Lipinski definition) is 2. The first-order valence-electron chi connectivity index (χ1n) is 11.0. The van der Waals surface area contributed by atoms with Crippen LogP contribution in [0.2, 0.25) is 0 Å². The van der Waals surface area contributed by atoms with E-state index in [0.717, 1.165) is 34.4 Å². The fourth-order valence-electron chi connectivity index (χ4n) is 4.28. The van der Waals surface area contributed by atoms with Crippen LogP contribution in [0.15, 0.2) is 60.8 Å². The first-order chi connectivity index (χ1) is 16.5. The summed E-state index contributed by atoms with van der Waals surface area (Å²) in [5.41, 5.74) is 3.50. The maximum Gasteiger partial charge on any atom is 0.341 e. The van der Waals surface area contributed by atoms with Gasteiger partial charge in [0.25, 0.3) is 11.3 Å². The predicted octanol–water partition coefficient (Wildman–Crippen LogP) is 4.63. The van der Waals surface area contributed by atoms with Crippen molar-refractivity contribution < 1.29 is 28.1 Å². The van der Waals surface area contributed by atoms with Gasteiger partial charge in [-0.15, -0.1) is 0 Å². The van der Waals surface area contributed by atoms with Crippen LogP contribution in [0.4, 0.5) is 5.82 Å². The Balaban J connectivity index is 1.64. The molecule has 2 aromatic carbocycles. The summed E-state index contributed by atoms with van der Waals surface area (Å²) in [6.07, 6.45) is 3.80. The minimum absolute atomic E-state index is 0.375. The van der Waals surface area contributed by atoms with Gasteiger partial charge in [0.05, 0.1) is 12.6 Å². The molecule has 0 amide bonds. The topological polar surface area (TPSA) is 109 Å². The molecule has 1 aliphatic carbocycles. The summed E-state index contributed by atoms with van der Waals surface area (Å²) in [6.45, 7) is 2.06. The molecule has 1 aromatic heterocycles. The van der Waals surface area contributed by atoms with Gasteiger partial charge in [-0.25, -0.2) is 18.3 Å². The monoisotopic (exact) mass is 482 g/mol. The van der Waals surface area contributed by atoms with Gasteiger partial charge in [-0.3, -0.25) is 4.55 Å². The van der Waals surface area contributed by atoms with Gasteiger partial charge in [0.1, 0.15) is 17.3 Å². The number of aliphatic carboxylic acids is 1. The van der Waals surface area contributed by atoms with E-state index in [2.05, 4.69) is 4.98 Å². The van der Waals surface area contributed by atoms with Gasteiger partial charge in [-0.05, 0) is 73.2 Å². The largest absolute Gasteiger partial charge is 0.494 e. The van der Waals surface area contributed by atoms with Crippen molar-refractivity contribution in [3.05, 3.63) is 71.9 Å². The first kappa shape index (κ1) is 23.7. The number of carboxylic acids is 1. The molecule has 1 aliphatic rings. The van der Waals surface area contributed by atoms with Crippen molar-refractivity contribution in [1.29, 1.82) is 0 Å². The molecule has 0 fully saturated rings. The number of carboxylic acid groups (broad SMARTS) is 1. The number of anilines is 1. The van der Waals surface area contributed by atoms with Crippen molar-refractivity contribution in [2.75, 3.05) is 17.5 Å². The molecule has 178 valence electrons. The van der Waals surface area contributed by atoms with E-state index in [4.69, 9.17) is 14.6 Å². The molecule has 3 aromatic rings. The van der Waals surface area contributed by atoms with Gasteiger partial charge < -0.3 is 14.6 Å². The van der Waals surface area contributed by atoms with Crippen molar-refractivity contribution in [3.8, 4) is 22.6 Å². The van der Waals surface area contributed by atoms with Gasteiger partial charge in [0.15, 0.2) is 6.61 Å². The van der Waals surface area contributed by atoms with E-state index < -0.39 is 29.9 Å². The first-order valence-corrected chi connectivity index (χ1v) is 12.1. The molecule has 2 atom stereocenters. The highest BCUT2D eigenvalue weighted by atomic mass is 32.2. The third kappa shape index (κ3) is 5.21. The highest BCUT2D eigenvalue weighted by Crippen LogP contribution is 2.41. The lowest BCUT2D eigenvalue weighted by molar-refractivity contribution is -0.139. The highest BCUT2D eigenvalue weighted by molar-refractivity contribution is 7.80. The number of benzene rings is 2. The standard InChI is InChI=1S/C25H26N2O6S/c1-2-32-19-7-3-6-17(14-19)18-12-13-24(26-15-18)27(34(30)31)22-10-4-9-21-20(22)8-5-11-23(21)33-16-25(28)29/h3,5-8,11-15,22H,2,4,9-10,16H2,1H3,(H,28,29)(H,30,31). The van der Waals surface area contributed by atoms with Gasteiger partial charge in [-0.1, -0.05) is 24.3 Å². The number of fused-ring (bicyclic) bond motifs is 1. The lowest BCUT2D eigenvalue weighted by Gasteiger charge is -2.34. The van der Waals surface area contributed by atoms with Crippen LogP contribution in [0.25, 0.3) is 11.1 Å². The molecule has 0 bridgehead atoms. The van der Waals surface area contributed by atoms with E-state index in [0.29, 0.717) is 31.0 Å². The Morgan fingerprint density at radius 2 is 1.97 bits per heavy atom. The Morgan fingerprint density at radius 3 is 2.68 bits per heavy atom. The van der Waals surface area contributed by atoms with Crippen LogP contribution in [0.3, 0.4) is 0 Å². The second-order valence-corrected chi connectivity index (χ2v) is 8.69. The highest BCUT2D eigenvalue weighted by Gasteiger charge is 2.32. The molecule has 0 radical (unpaired) electrons. The summed E-state index contributed by atoms with van der Waals surface area (Å²) < 4.78 is 35.1. The van der Waals surface area contributed by atoms with Crippen molar-refractivity contribution in [1.82, 2.24) is 4.98 Å². The van der Waals surface area contributed by atoms with Gasteiger partial charge in [0, 0.05) is 11.8 Å². The third-order valence-electron chi connectivity index (χ3n) is 5.69. The average molecular weight is 483 g/mol. The van der Waals surface area contributed by atoms with Crippen molar-refractivity contribution in [2.24, 2.45) is 0 Å². The predicted molar refractivity (Wildman–Crippen MR) is 129 cm³/mol. The van der Waals surface area contributed by atoms with Crippen LogP contribution in [-0.4, -0.2) is 38.0 Å². The maximum absolute atomic E-state index is 12.5. The summed E-state index contributed by atoms with van der Waals surface area (Å²) in [4.78, 5) is 15.5. The Hall–Kier alpha value is -3.43. The number of rotatable bonds is 9. The SMILES string of the molecule is CCOc1cccc(-c2ccc(N(C3CCCc4c(OCC(=O)O)cccc43)S(=O)O)nc2)c1. The van der Waals surface area contributed by atoms with Gasteiger partial charge in [-0.2, -0.15) is 0 Å². The van der Waals surface area contributed by atoms with E-state index in [1.807, 2.05) is 43.3 Å². The smallest absolute Gasteiger partial charge is 0.341 e. The van der Waals surface area contributed by atoms with Crippen molar-refractivity contribution >= 4 is 23.1 Å². The summed E-state index contributed by atoms with van der Waals surface area (Å²) >= 11 is -2.32. The average Bonchev–Trinajstić information content (AvgIpc) is 2.83. The Kier molecular flexibility index (Phi) is 7.44. The zero-order chi connectivity index (χ0) is 24.1. The molecule has 9 heteroatoms. The summed E-state index contributed by atoms with van der Waals surface area (Å²) in [7, 11) is 0. The van der Waals surface area contributed by atoms with Crippen LogP contribution in [-0.2, 0) is 22.5 Å². The zero-order valence-electron chi connectivity index (χ0n) is 18.7. The van der Waals surface area contributed by atoms with Crippen molar-refractivity contribution in [3.63, 3.8) is 0 Å². The van der Waals surface area contributed by atoms with Crippen LogP contribution >= 0.6 is 0 Å². The minimum atomic E-state index is -2.32.